The highest BCUT2D eigenvalue weighted by molar-refractivity contribution is 5.89. The first-order chi connectivity index (χ1) is 10.5. The molecule has 0 fully saturated rings. The van der Waals surface area contributed by atoms with E-state index in [9.17, 15) is 4.79 Å². The minimum absolute atomic E-state index is 0.0405. The molecule has 0 aliphatic carbocycles. The minimum atomic E-state index is -0.0405. The Labute approximate surface area is 130 Å². The second-order valence-electron chi connectivity index (χ2n) is 5.22. The van der Waals surface area contributed by atoms with Crippen LogP contribution >= 0.6 is 0 Å². The predicted octanol–water partition coefficient (Wildman–Crippen LogP) is 2.63. The van der Waals surface area contributed by atoms with Gasteiger partial charge >= 0.3 is 0 Å². The molecule has 0 radical (unpaired) electrons. The van der Waals surface area contributed by atoms with E-state index in [1.807, 2.05) is 39.0 Å². The second-order valence-corrected chi connectivity index (χ2v) is 5.22. The average molecular weight is 299 g/mol. The van der Waals surface area contributed by atoms with Crippen molar-refractivity contribution in [3.05, 3.63) is 41.3 Å². The lowest BCUT2D eigenvalue weighted by Crippen LogP contribution is -2.15. The van der Waals surface area contributed by atoms with Gasteiger partial charge in [-0.25, -0.2) is 15.0 Å². The molecule has 22 heavy (non-hydrogen) atoms. The molecule has 0 unspecified atom stereocenters. The summed E-state index contributed by atoms with van der Waals surface area (Å²) in [5, 5.41) is 5.93. The Balaban J connectivity index is 1.73. The summed E-state index contributed by atoms with van der Waals surface area (Å²) in [6.07, 6.45) is 1.13. The third-order valence-electron chi connectivity index (χ3n) is 3.00. The molecule has 0 aliphatic rings. The number of carbonyl (C=O) groups is 1. The van der Waals surface area contributed by atoms with Gasteiger partial charge < -0.3 is 10.6 Å². The van der Waals surface area contributed by atoms with Crippen molar-refractivity contribution in [3.8, 4) is 0 Å². The number of hydrogen-bond acceptors (Lipinski definition) is 5. The van der Waals surface area contributed by atoms with Crippen LogP contribution in [0, 0.1) is 20.8 Å². The van der Waals surface area contributed by atoms with Crippen LogP contribution < -0.4 is 10.6 Å². The number of carbonyl (C=O) groups excluding carboxylic acids is 1. The van der Waals surface area contributed by atoms with Gasteiger partial charge in [-0.2, -0.15) is 0 Å². The third-order valence-corrected chi connectivity index (χ3v) is 3.00. The van der Waals surface area contributed by atoms with E-state index in [-0.39, 0.29) is 5.91 Å². The highest BCUT2D eigenvalue weighted by atomic mass is 16.1. The molecular formula is C16H21N5O. The largest absolute Gasteiger partial charge is 0.354 e. The lowest BCUT2D eigenvalue weighted by molar-refractivity contribution is -0.116. The Bertz CT molecular complexity index is 636. The Morgan fingerprint density at radius 1 is 1.05 bits per heavy atom. The van der Waals surface area contributed by atoms with Gasteiger partial charge in [-0.1, -0.05) is 6.07 Å². The van der Waals surface area contributed by atoms with Gasteiger partial charge in [0.25, 0.3) is 0 Å². The second kappa shape index (κ2) is 7.49. The van der Waals surface area contributed by atoms with E-state index >= 15 is 0 Å². The first kappa shape index (κ1) is 15.9. The van der Waals surface area contributed by atoms with E-state index < -0.39 is 0 Å². The van der Waals surface area contributed by atoms with E-state index in [0.29, 0.717) is 31.2 Å². The van der Waals surface area contributed by atoms with Gasteiger partial charge in [-0.15, -0.1) is 0 Å². The summed E-state index contributed by atoms with van der Waals surface area (Å²) >= 11 is 0. The summed E-state index contributed by atoms with van der Waals surface area (Å²) in [4.78, 5) is 24.7. The molecule has 0 atom stereocenters. The van der Waals surface area contributed by atoms with Gasteiger partial charge in [0.05, 0.1) is 0 Å². The molecule has 2 rings (SSSR count). The number of nitrogens with one attached hydrogen (secondary N) is 2. The first-order valence-corrected chi connectivity index (χ1v) is 7.32. The van der Waals surface area contributed by atoms with E-state index in [1.165, 1.54) is 0 Å². The summed E-state index contributed by atoms with van der Waals surface area (Å²) in [7, 11) is 0. The lowest BCUT2D eigenvalue weighted by Gasteiger charge is -2.07. The van der Waals surface area contributed by atoms with Crippen molar-refractivity contribution in [2.24, 2.45) is 0 Å². The number of nitrogens with zero attached hydrogens (tertiary/aromatic N) is 3. The molecule has 6 nitrogen and oxygen atoms in total. The Hall–Kier alpha value is -2.50. The zero-order valence-electron chi connectivity index (χ0n) is 13.2. The molecule has 0 bridgehead atoms. The molecule has 2 heterocycles. The van der Waals surface area contributed by atoms with Crippen LogP contribution in [0.3, 0.4) is 0 Å². The normalized spacial score (nSPS) is 10.3. The van der Waals surface area contributed by atoms with E-state index in [2.05, 4.69) is 25.6 Å². The van der Waals surface area contributed by atoms with Gasteiger partial charge in [-0.05, 0) is 45.4 Å². The van der Waals surface area contributed by atoms with Crippen LogP contribution in [0.1, 0.15) is 29.9 Å². The molecule has 116 valence electrons. The Kier molecular flexibility index (Phi) is 5.41. The number of aryl methyl sites for hydroxylation is 3. The van der Waals surface area contributed by atoms with Crippen LogP contribution in [0.25, 0.3) is 0 Å². The molecule has 6 heteroatoms. The van der Waals surface area contributed by atoms with Crippen molar-refractivity contribution in [3.63, 3.8) is 0 Å². The fourth-order valence-corrected chi connectivity index (χ4v) is 2.07. The van der Waals surface area contributed by atoms with Gasteiger partial charge in [0.2, 0.25) is 11.9 Å². The van der Waals surface area contributed by atoms with Gasteiger partial charge in [0, 0.05) is 30.0 Å². The monoisotopic (exact) mass is 299 g/mol. The van der Waals surface area contributed by atoms with Gasteiger partial charge in [0.1, 0.15) is 5.82 Å². The molecule has 1 amide bonds. The van der Waals surface area contributed by atoms with Crippen LogP contribution in [0.15, 0.2) is 24.3 Å². The highest BCUT2D eigenvalue weighted by Gasteiger charge is 2.04. The van der Waals surface area contributed by atoms with E-state index in [0.717, 1.165) is 17.1 Å². The number of aromatic nitrogens is 3. The standard InChI is InChI=1S/C16H21N5O/c1-11-6-4-7-14(18-11)21-15(22)8-5-9-17-16-19-12(2)10-13(3)20-16/h4,6-7,10H,5,8-9H2,1-3H3,(H,17,19,20)(H,18,21,22). The van der Waals surface area contributed by atoms with Crippen molar-refractivity contribution in [1.82, 2.24) is 15.0 Å². The summed E-state index contributed by atoms with van der Waals surface area (Å²) in [6.45, 7) is 6.41. The van der Waals surface area contributed by atoms with Crippen molar-refractivity contribution >= 4 is 17.7 Å². The molecule has 0 saturated carbocycles. The van der Waals surface area contributed by atoms with Crippen LogP contribution in [0.4, 0.5) is 11.8 Å². The molecule has 0 saturated heterocycles. The smallest absolute Gasteiger partial charge is 0.225 e. The zero-order valence-corrected chi connectivity index (χ0v) is 13.2. The third kappa shape index (κ3) is 5.12. The van der Waals surface area contributed by atoms with Crippen molar-refractivity contribution in [2.45, 2.75) is 33.6 Å². The average Bonchev–Trinajstić information content (AvgIpc) is 2.42. The van der Waals surface area contributed by atoms with Crippen molar-refractivity contribution in [2.75, 3.05) is 17.2 Å². The Morgan fingerprint density at radius 3 is 2.45 bits per heavy atom. The maximum Gasteiger partial charge on any atom is 0.225 e. The molecule has 2 aromatic heterocycles. The fraction of sp³-hybridized carbons (Fsp3) is 0.375. The molecule has 0 spiro atoms. The molecule has 2 aromatic rings. The lowest BCUT2D eigenvalue weighted by atomic mass is 10.3. The highest BCUT2D eigenvalue weighted by Crippen LogP contribution is 2.06. The number of hydrogen-bond donors (Lipinski definition) is 2. The maximum atomic E-state index is 11.8. The van der Waals surface area contributed by atoms with Gasteiger partial charge in [-0.3, -0.25) is 4.79 Å². The van der Waals surface area contributed by atoms with Crippen LogP contribution in [0.5, 0.6) is 0 Å². The van der Waals surface area contributed by atoms with Crippen LogP contribution in [0.2, 0.25) is 0 Å². The number of pyridine rings is 1. The van der Waals surface area contributed by atoms with Crippen molar-refractivity contribution in [1.29, 1.82) is 0 Å². The van der Waals surface area contributed by atoms with Crippen LogP contribution in [-0.4, -0.2) is 27.4 Å². The van der Waals surface area contributed by atoms with Crippen molar-refractivity contribution < 1.29 is 4.79 Å². The van der Waals surface area contributed by atoms with Crippen LogP contribution in [-0.2, 0) is 4.79 Å². The number of anilines is 2. The first-order valence-electron chi connectivity index (χ1n) is 7.32. The topological polar surface area (TPSA) is 79.8 Å². The van der Waals surface area contributed by atoms with E-state index in [4.69, 9.17) is 0 Å². The molecular weight excluding hydrogens is 278 g/mol. The summed E-state index contributed by atoms with van der Waals surface area (Å²) in [6, 6.07) is 7.47. The SMILES string of the molecule is Cc1cccc(NC(=O)CCCNc2nc(C)cc(C)n2)n1. The van der Waals surface area contributed by atoms with Gasteiger partial charge in [0.15, 0.2) is 0 Å². The fourth-order valence-electron chi connectivity index (χ4n) is 2.07. The minimum Gasteiger partial charge on any atom is -0.354 e. The maximum absolute atomic E-state index is 11.8. The summed E-state index contributed by atoms with van der Waals surface area (Å²) < 4.78 is 0. The molecule has 0 aliphatic heterocycles. The number of amides is 1. The summed E-state index contributed by atoms with van der Waals surface area (Å²) in [5.74, 6) is 1.16. The quantitative estimate of drug-likeness (QED) is 0.802. The Morgan fingerprint density at radius 2 is 1.77 bits per heavy atom. The molecule has 0 aromatic carbocycles. The number of rotatable bonds is 6. The van der Waals surface area contributed by atoms with E-state index in [1.54, 1.807) is 6.07 Å². The predicted molar refractivity (Wildman–Crippen MR) is 86.8 cm³/mol. The molecule has 2 N–H and O–H groups in total. The zero-order chi connectivity index (χ0) is 15.9. The summed E-state index contributed by atoms with van der Waals surface area (Å²) in [5.41, 5.74) is 2.74.